The maximum absolute atomic E-state index is 14.5. The fourth-order valence-corrected chi connectivity index (χ4v) is 9.97. The molecule has 0 atom stereocenters. The van der Waals surface area contributed by atoms with Crippen LogP contribution in [0.15, 0.2) is 54.6 Å². The molecule has 3 N–H and O–H groups in total. The Morgan fingerprint density at radius 2 is 0.523 bits per heavy atom. The van der Waals surface area contributed by atoms with Gasteiger partial charge in [-0.3, -0.25) is 13.6 Å². The minimum absolute atomic E-state index is 0.143. The fourth-order valence-electron chi connectivity index (χ4n) is 8.85. The molecule has 3 aromatic rings. The molecule has 0 aliphatic rings. The third-order valence-corrected chi connectivity index (χ3v) is 14.5. The van der Waals surface area contributed by atoms with Crippen LogP contribution < -0.4 is 0 Å². The van der Waals surface area contributed by atoms with Gasteiger partial charge in [0.1, 0.15) is 17.2 Å². The van der Waals surface area contributed by atoms with E-state index in [1.807, 2.05) is 36.4 Å². The predicted molar refractivity (Wildman–Crippen MR) is 273 cm³/mol. The van der Waals surface area contributed by atoms with Crippen LogP contribution in [0.25, 0.3) is 0 Å². The Morgan fingerprint density at radius 3 is 0.754 bits per heavy atom. The summed E-state index contributed by atoms with van der Waals surface area (Å²) in [6, 6.07) is 16.8. The molecule has 7 nitrogen and oxygen atoms in total. The molecule has 0 fully saturated rings. The van der Waals surface area contributed by atoms with Gasteiger partial charge in [0.2, 0.25) is 0 Å². The van der Waals surface area contributed by atoms with Gasteiger partial charge in [-0.2, -0.15) is 0 Å². The highest BCUT2D eigenvalue weighted by Gasteiger charge is 2.29. The summed E-state index contributed by atoms with van der Waals surface area (Å²) < 4.78 is 32.5. The number of unbranched alkanes of at least 4 members (excludes halogenated alkanes) is 27. The van der Waals surface area contributed by atoms with E-state index >= 15 is 0 Å². The van der Waals surface area contributed by atoms with Crippen LogP contribution in [-0.4, -0.2) is 15.3 Å². The predicted octanol–water partition coefficient (Wildman–Crippen LogP) is 18.3. The molecule has 0 amide bonds. The first-order valence-electron chi connectivity index (χ1n) is 26.7. The van der Waals surface area contributed by atoms with Crippen molar-refractivity contribution in [1.82, 2.24) is 0 Å². The molecule has 0 unspecified atom stereocenters. The topological polar surface area (TPSA) is 105 Å². The van der Waals surface area contributed by atoms with Crippen molar-refractivity contribution in [2.75, 3.05) is 0 Å². The first kappa shape index (κ1) is 56.5. The lowest BCUT2D eigenvalue weighted by atomic mass is 10.0. The maximum atomic E-state index is 14.5. The summed E-state index contributed by atoms with van der Waals surface area (Å²) in [4.78, 5) is 0. The highest BCUT2D eigenvalue weighted by molar-refractivity contribution is 7.48. The van der Waals surface area contributed by atoms with Crippen LogP contribution in [0, 0.1) is 0 Å². The van der Waals surface area contributed by atoms with Gasteiger partial charge in [-0.15, -0.1) is 0 Å². The molecule has 8 heteroatoms. The van der Waals surface area contributed by atoms with E-state index in [-0.39, 0.29) is 37.1 Å². The number of phosphoric acid groups is 1. The van der Waals surface area contributed by atoms with Gasteiger partial charge in [-0.1, -0.05) is 249 Å². The number of phosphoric ester groups is 1. The molecule has 0 heterocycles. The smallest absolute Gasteiger partial charge is 0.475 e. The molecule has 0 aliphatic heterocycles. The Hall–Kier alpha value is -2.83. The number of aryl methyl sites for hydroxylation is 3. The Bertz CT molecular complexity index is 1500. The van der Waals surface area contributed by atoms with Crippen molar-refractivity contribution in [2.45, 2.75) is 252 Å². The zero-order chi connectivity index (χ0) is 46.6. The number of phenolic OH excluding ortho intramolecular Hbond substituents is 3. The van der Waals surface area contributed by atoms with E-state index < -0.39 is 7.82 Å². The molecule has 0 saturated carbocycles. The van der Waals surface area contributed by atoms with Gasteiger partial charge in [0.15, 0.2) is 0 Å². The molecule has 3 aromatic carbocycles. The van der Waals surface area contributed by atoms with Crippen molar-refractivity contribution < 1.29 is 33.5 Å². The van der Waals surface area contributed by atoms with E-state index in [0.29, 0.717) is 16.7 Å². The minimum Gasteiger partial charge on any atom is -0.507 e. The van der Waals surface area contributed by atoms with Gasteiger partial charge in [0.05, 0.1) is 19.8 Å². The summed E-state index contributed by atoms with van der Waals surface area (Å²) >= 11 is 0. The largest absolute Gasteiger partial charge is 0.507 e. The van der Waals surface area contributed by atoms with Gasteiger partial charge < -0.3 is 15.3 Å². The fraction of sp³-hybridized carbons (Fsp3) is 0.684. The Balaban J connectivity index is 1.61. The molecule has 65 heavy (non-hydrogen) atoms. The molecule has 0 saturated heterocycles. The second-order valence-corrected chi connectivity index (χ2v) is 20.5. The van der Waals surface area contributed by atoms with E-state index in [0.717, 1.165) is 74.5 Å². The van der Waals surface area contributed by atoms with Gasteiger partial charge in [0, 0.05) is 16.7 Å². The normalized spacial score (nSPS) is 11.8. The summed E-state index contributed by atoms with van der Waals surface area (Å²) in [6.45, 7) is 6.19. The zero-order valence-electron chi connectivity index (χ0n) is 41.6. The van der Waals surface area contributed by atoms with Gasteiger partial charge in [-0.25, -0.2) is 4.57 Å². The second kappa shape index (κ2) is 36.2. The lowest BCUT2D eigenvalue weighted by Crippen LogP contribution is -2.04. The molecule has 0 spiro atoms. The lowest BCUT2D eigenvalue weighted by molar-refractivity contribution is 0.0962. The highest BCUT2D eigenvalue weighted by Crippen LogP contribution is 2.53. The van der Waals surface area contributed by atoms with Crippen LogP contribution in [0.1, 0.15) is 247 Å². The van der Waals surface area contributed by atoms with Crippen LogP contribution in [0.5, 0.6) is 17.2 Å². The van der Waals surface area contributed by atoms with Crippen LogP contribution in [-0.2, 0) is 57.2 Å². The van der Waals surface area contributed by atoms with Crippen molar-refractivity contribution in [1.29, 1.82) is 0 Å². The minimum atomic E-state index is -4.29. The third kappa shape index (κ3) is 24.7. The van der Waals surface area contributed by atoms with Gasteiger partial charge >= 0.3 is 7.82 Å². The standard InChI is InChI=1S/C57H93O7P/c1-4-7-10-13-16-19-22-25-28-31-37-49-40-34-43-52(55(49)58)46-62-65(61,63-47-53-44-35-41-50(56(53)59)38-32-29-26-23-20-17-14-11-8-5-2)64-48-54-45-36-42-51(57(54)60)39-33-30-27-24-21-18-15-12-9-6-3/h34-36,40-45,58-60H,4-33,37-39,46-48H2,1-3H3. The number of para-hydroxylation sites is 3. The molecule has 368 valence electrons. The number of phenols is 3. The maximum Gasteiger partial charge on any atom is 0.475 e. The van der Waals surface area contributed by atoms with Crippen LogP contribution in [0.2, 0.25) is 0 Å². The number of hydrogen-bond donors (Lipinski definition) is 3. The number of hydrogen-bond acceptors (Lipinski definition) is 7. The number of benzene rings is 3. The van der Waals surface area contributed by atoms with E-state index in [4.69, 9.17) is 13.6 Å². The average molecular weight is 921 g/mol. The molecule has 0 aliphatic carbocycles. The first-order valence-corrected chi connectivity index (χ1v) is 28.2. The van der Waals surface area contributed by atoms with Crippen LogP contribution in [0.4, 0.5) is 0 Å². The highest BCUT2D eigenvalue weighted by atomic mass is 31.2. The van der Waals surface area contributed by atoms with E-state index in [2.05, 4.69) is 20.8 Å². The summed E-state index contributed by atoms with van der Waals surface area (Å²) in [5, 5.41) is 33.9. The van der Waals surface area contributed by atoms with Crippen LogP contribution >= 0.6 is 7.82 Å². The van der Waals surface area contributed by atoms with E-state index in [1.54, 1.807) is 18.2 Å². The molecule has 3 rings (SSSR count). The summed E-state index contributed by atoms with van der Waals surface area (Å²) in [5.41, 5.74) is 4.04. The van der Waals surface area contributed by atoms with Gasteiger partial charge in [0.25, 0.3) is 0 Å². The van der Waals surface area contributed by atoms with Crippen molar-refractivity contribution in [3.63, 3.8) is 0 Å². The average Bonchev–Trinajstić information content (AvgIpc) is 3.31. The summed E-state index contributed by atoms with van der Waals surface area (Å²) in [6.07, 6.45) is 39.7. The van der Waals surface area contributed by atoms with Crippen molar-refractivity contribution >= 4 is 7.82 Å². The monoisotopic (exact) mass is 921 g/mol. The zero-order valence-corrected chi connectivity index (χ0v) is 42.5. The second-order valence-electron chi connectivity index (χ2n) is 18.8. The molecular formula is C57H93O7P. The summed E-state index contributed by atoms with van der Waals surface area (Å²) in [7, 11) is -4.29. The van der Waals surface area contributed by atoms with E-state index in [9.17, 15) is 19.9 Å². The third-order valence-electron chi connectivity index (χ3n) is 13.1. The van der Waals surface area contributed by atoms with Crippen molar-refractivity contribution in [2.24, 2.45) is 0 Å². The molecular weight excluding hydrogens is 828 g/mol. The van der Waals surface area contributed by atoms with Crippen molar-refractivity contribution in [3.05, 3.63) is 88.0 Å². The number of rotatable bonds is 42. The SMILES string of the molecule is CCCCCCCCCCCCc1cccc(COP(=O)(OCc2cccc(CCCCCCCCCCCC)c2O)OCc2cccc(CCCCCCCCCCCC)c2O)c1O. The lowest BCUT2D eigenvalue weighted by Gasteiger charge is -2.20. The van der Waals surface area contributed by atoms with E-state index in [1.165, 1.54) is 154 Å². The van der Waals surface area contributed by atoms with Crippen LogP contribution in [0.3, 0.4) is 0 Å². The Morgan fingerprint density at radius 1 is 0.323 bits per heavy atom. The number of aromatic hydroxyl groups is 3. The Labute approximate surface area is 397 Å². The molecule has 0 bridgehead atoms. The van der Waals surface area contributed by atoms with Gasteiger partial charge in [-0.05, 0) is 55.2 Å². The Kier molecular flexibility index (Phi) is 31.5. The first-order chi connectivity index (χ1) is 31.8. The molecule has 0 radical (unpaired) electrons. The quantitative estimate of drug-likeness (QED) is 0.0384. The molecule has 0 aromatic heterocycles. The summed E-state index contributed by atoms with van der Waals surface area (Å²) in [5.74, 6) is 0.429. The van der Waals surface area contributed by atoms with Crippen molar-refractivity contribution in [3.8, 4) is 17.2 Å².